The van der Waals surface area contributed by atoms with Crippen molar-refractivity contribution in [1.82, 2.24) is 9.44 Å². The van der Waals surface area contributed by atoms with Crippen LogP contribution >= 0.6 is 0 Å². The predicted molar refractivity (Wildman–Crippen MR) is 101 cm³/mol. The van der Waals surface area contributed by atoms with Gasteiger partial charge in [0.15, 0.2) is 9.79 Å². The highest BCUT2D eigenvalue weighted by atomic mass is 32.2. The third kappa shape index (κ3) is 5.32. The summed E-state index contributed by atoms with van der Waals surface area (Å²) in [5.74, 6) is 0. The second-order valence-corrected chi connectivity index (χ2v) is 9.24. The maximum absolute atomic E-state index is 12.4. The Balaban J connectivity index is 2.17. The van der Waals surface area contributed by atoms with Crippen LogP contribution in [0.15, 0.2) is 58.3 Å². The molecule has 2 aromatic rings. The Bertz CT molecular complexity index is 1150. The average molecular weight is 444 g/mol. The number of nitro benzene ring substituents is 2. The zero-order valence-electron chi connectivity index (χ0n) is 14.9. The molecule has 1 atom stereocenters. The molecule has 2 aromatic carbocycles. The van der Waals surface area contributed by atoms with Crippen molar-refractivity contribution < 1.29 is 26.7 Å². The summed E-state index contributed by atoms with van der Waals surface area (Å²) in [5, 5.41) is 22.0. The molecule has 14 heteroatoms. The highest BCUT2D eigenvalue weighted by Crippen LogP contribution is 2.24. The first-order valence-corrected chi connectivity index (χ1v) is 10.9. The molecule has 2 N–H and O–H groups in total. The Hall–Kier alpha value is -2.94. The van der Waals surface area contributed by atoms with E-state index in [-0.39, 0.29) is 0 Å². The molecule has 0 spiro atoms. The van der Waals surface area contributed by atoms with Crippen LogP contribution in [0.3, 0.4) is 0 Å². The van der Waals surface area contributed by atoms with Gasteiger partial charge in [0.2, 0.25) is 20.0 Å². The standard InChI is InChI=1S/C15H16N4O8S2/c1-11(17-29(26,27)15-9-5-3-7-13(15)19(22)23)10-16-28(24,25)14-8-4-2-6-12(14)18(20)21/h2-9,11,16-17H,10H2,1H3/t11-/m1/s1. The number of hydrogen-bond donors (Lipinski definition) is 2. The van der Waals surface area contributed by atoms with Gasteiger partial charge >= 0.3 is 0 Å². The highest BCUT2D eigenvalue weighted by Gasteiger charge is 2.28. The fraction of sp³-hybridized carbons (Fsp3) is 0.200. The molecule has 0 saturated heterocycles. The van der Waals surface area contributed by atoms with Crippen molar-refractivity contribution in [2.24, 2.45) is 0 Å². The summed E-state index contributed by atoms with van der Waals surface area (Å²) in [6, 6.07) is 8.35. The van der Waals surface area contributed by atoms with Gasteiger partial charge in [0.1, 0.15) is 0 Å². The molecule has 0 amide bonds. The molecule has 0 saturated carbocycles. The lowest BCUT2D eigenvalue weighted by atomic mass is 10.3. The molecule has 0 unspecified atom stereocenters. The van der Waals surface area contributed by atoms with E-state index >= 15 is 0 Å². The lowest BCUT2D eigenvalue weighted by Gasteiger charge is -2.15. The van der Waals surface area contributed by atoms with Gasteiger partial charge in [0.25, 0.3) is 11.4 Å². The molecule has 0 heterocycles. The van der Waals surface area contributed by atoms with E-state index in [0.29, 0.717) is 0 Å². The van der Waals surface area contributed by atoms with Crippen molar-refractivity contribution in [3.63, 3.8) is 0 Å². The third-order valence-corrected chi connectivity index (χ3v) is 6.75. The lowest BCUT2D eigenvalue weighted by Crippen LogP contribution is -2.41. The average Bonchev–Trinajstić information content (AvgIpc) is 2.66. The molecule has 156 valence electrons. The SMILES string of the molecule is C[C@H](CNS(=O)(=O)c1ccccc1[N+](=O)[O-])NS(=O)(=O)c1ccccc1[N+](=O)[O-]. The number of rotatable bonds is 9. The van der Waals surface area contributed by atoms with Crippen LogP contribution in [0.5, 0.6) is 0 Å². The van der Waals surface area contributed by atoms with Crippen molar-refractivity contribution in [2.45, 2.75) is 22.8 Å². The first-order chi connectivity index (χ1) is 13.5. The van der Waals surface area contributed by atoms with Crippen molar-refractivity contribution >= 4 is 31.4 Å². The number of nitrogens with zero attached hydrogens (tertiary/aromatic N) is 2. The lowest BCUT2D eigenvalue weighted by molar-refractivity contribution is -0.388. The molecule has 0 fully saturated rings. The van der Waals surface area contributed by atoms with Crippen LogP contribution in [-0.2, 0) is 20.0 Å². The van der Waals surface area contributed by atoms with Gasteiger partial charge in [-0.05, 0) is 19.1 Å². The molecule has 0 bridgehead atoms. The van der Waals surface area contributed by atoms with Gasteiger partial charge in [-0.15, -0.1) is 0 Å². The highest BCUT2D eigenvalue weighted by molar-refractivity contribution is 7.90. The molecule has 0 aliphatic carbocycles. The van der Waals surface area contributed by atoms with Gasteiger partial charge in [0, 0.05) is 24.7 Å². The Morgan fingerprint density at radius 3 is 1.69 bits per heavy atom. The van der Waals surface area contributed by atoms with Crippen LogP contribution < -0.4 is 9.44 Å². The normalized spacial score (nSPS) is 13.0. The van der Waals surface area contributed by atoms with Gasteiger partial charge in [-0.2, -0.15) is 0 Å². The first kappa shape index (κ1) is 22.4. The predicted octanol–water partition coefficient (Wildman–Crippen LogP) is 1.15. The Morgan fingerprint density at radius 1 is 0.828 bits per heavy atom. The third-order valence-electron chi connectivity index (χ3n) is 3.64. The van der Waals surface area contributed by atoms with E-state index in [9.17, 15) is 37.1 Å². The van der Waals surface area contributed by atoms with Crippen molar-refractivity contribution in [3.8, 4) is 0 Å². The van der Waals surface area contributed by atoms with Gasteiger partial charge in [-0.3, -0.25) is 20.2 Å². The maximum atomic E-state index is 12.4. The number of nitrogens with one attached hydrogen (secondary N) is 2. The van der Waals surface area contributed by atoms with Gasteiger partial charge in [0.05, 0.1) is 9.85 Å². The van der Waals surface area contributed by atoms with E-state index in [1.807, 2.05) is 0 Å². The van der Waals surface area contributed by atoms with Gasteiger partial charge < -0.3 is 0 Å². The van der Waals surface area contributed by atoms with E-state index in [1.165, 1.54) is 31.2 Å². The zero-order valence-corrected chi connectivity index (χ0v) is 16.5. The summed E-state index contributed by atoms with van der Waals surface area (Å²) in [4.78, 5) is 19.2. The van der Waals surface area contributed by atoms with Crippen LogP contribution in [0.1, 0.15) is 6.92 Å². The summed E-state index contributed by atoms with van der Waals surface area (Å²) < 4.78 is 53.8. The monoisotopic (exact) mass is 444 g/mol. The minimum atomic E-state index is -4.32. The van der Waals surface area contributed by atoms with E-state index in [1.54, 1.807) is 0 Å². The van der Waals surface area contributed by atoms with Crippen LogP contribution in [0.4, 0.5) is 11.4 Å². The van der Waals surface area contributed by atoms with Crippen molar-refractivity contribution in [2.75, 3.05) is 6.54 Å². The van der Waals surface area contributed by atoms with E-state index in [4.69, 9.17) is 0 Å². The molecule has 0 radical (unpaired) electrons. The van der Waals surface area contributed by atoms with Crippen LogP contribution in [0.25, 0.3) is 0 Å². The number of hydrogen-bond acceptors (Lipinski definition) is 8. The fourth-order valence-electron chi connectivity index (χ4n) is 2.35. The topological polar surface area (TPSA) is 179 Å². The molecule has 0 aliphatic rings. The summed E-state index contributed by atoms with van der Waals surface area (Å²) in [5.41, 5.74) is -1.26. The summed E-state index contributed by atoms with van der Waals surface area (Å²) >= 11 is 0. The number of sulfonamides is 2. The van der Waals surface area contributed by atoms with Crippen LogP contribution in [-0.4, -0.2) is 39.3 Å². The van der Waals surface area contributed by atoms with Crippen molar-refractivity contribution in [1.29, 1.82) is 0 Å². The molecule has 12 nitrogen and oxygen atoms in total. The number of para-hydroxylation sites is 2. The second-order valence-electron chi connectivity index (χ2n) is 5.82. The molecular formula is C15H16N4O8S2. The smallest absolute Gasteiger partial charge is 0.258 e. The summed E-state index contributed by atoms with van der Waals surface area (Å²) in [6.07, 6.45) is 0. The van der Waals surface area contributed by atoms with Crippen LogP contribution in [0.2, 0.25) is 0 Å². The summed E-state index contributed by atoms with van der Waals surface area (Å²) in [6.45, 7) is 0.877. The second kappa shape index (κ2) is 8.60. The minimum absolute atomic E-state index is 0.450. The Labute approximate surface area is 166 Å². The Morgan fingerprint density at radius 2 is 1.24 bits per heavy atom. The molecule has 0 aliphatic heterocycles. The quantitative estimate of drug-likeness (QED) is 0.427. The van der Waals surface area contributed by atoms with E-state index in [2.05, 4.69) is 9.44 Å². The summed E-state index contributed by atoms with van der Waals surface area (Å²) in [7, 11) is -8.63. The Kier molecular flexibility index (Phi) is 6.63. The number of benzene rings is 2. The zero-order chi connectivity index (χ0) is 21.8. The van der Waals surface area contributed by atoms with Crippen LogP contribution in [0, 0.1) is 20.2 Å². The molecule has 2 rings (SSSR count). The minimum Gasteiger partial charge on any atom is -0.258 e. The molecule has 0 aromatic heterocycles. The van der Waals surface area contributed by atoms with E-state index < -0.39 is 63.6 Å². The molecular weight excluding hydrogens is 428 g/mol. The fourth-order valence-corrected chi connectivity index (χ4v) is 5.07. The number of nitro groups is 2. The largest absolute Gasteiger partial charge is 0.289 e. The van der Waals surface area contributed by atoms with Crippen molar-refractivity contribution in [3.05, 3.63) is 68.8 Å². The first-order valence-electron chi connectivity index (χ1n) is 7.94. The van der Waals surface area contributed by atoms with E-state index in [0.717, 1.165) is 24.3 Å². The molecule has 29 heavy (non-hydrogen) atoms. The maximum Gasteiger partial charge on any atom is 0.289 e. The van der Waals surface area contributed by atoms with Gasteiger partial charge in [-0.25, -0.2) is 26.3 Å². The van der Waals surface area contributed by atoms with Gasteiger partial charge in [-0.1, -0.05) is 24.3 Å².